The van der Waals surface area contributed by atoms with Crippen LogP contribution in [0.3, 0.4) is 0 Å². The predicted octanol–water partition coefficient (Wildman–Crippen LogP) is 4.53. The number of carbonyl (C=O) groups is 2. The van der Waals surface area contributed by atoms with Crippen molar-refractivity contribution in [2.24, 2.45) is 0 Å². The first-order valence-electron chi connectivity index (χ1n) is 13.7. The number of anilines is 3. The summed E-state index contributed by atoms with van der Waals surface area (Å²) >= 11 is 0. The molecule has 1 aromatic heterocycles. The van der Waals surface area contributed by atoms with Crippen LogP contribution in [0, 0.1) is 0 Å². The number of hydrogen-bond acceptors (Lipinski definition) is 10. The minimum atomic E-state index is -4.58. The van der Waals surface area contributed by atoms with Gasteiger partial charge in [-0.3, -0.25) is 4.79 Å². The van der Waals surface area contributed by atoms with E-state index in [1.807, 2.05) is 12.1 Å². The molecule has 0 saturated heterocycles. The molecule has 6 bridgehead atoms. The summed E-state index contributed by atoms with van der Waals surface area (Å²) in [5.41, 5.74) is 1.69. The monoisotopic (exact) mass is 603 g/mol. The number of carbonyl (C=O) groups excluding carboxylic acids is 2. The number of alkyl halides is 3. The van der Waals surface area contributed by atoms with Gasteiger partial charge in [-0.25, -0.2) is 4.79 Å². The summed E-state index contributed by atoms with van der Waals surface area (Å²) in [5, 5.41) is 8.69. The second-order valence-electron chi connectivity index (χ2n) is 9.37. The van der Waals surface area contributed by atoms with Crippen LogP contribution in [-0.2, 0) is 11.3 Å². The number of nitrogens with zero attached hydrogens (tertiary/aromatic N) is 4. The lowest BCUT2D eigenvalue weighted by molar-refractivity contribution is -0.154. The normalized spacial score (nSPS) is 14.9. The van der Waals surface area contributed by atoms with Crippen molar-refractivity contribution in [2.75, 3.05) is 50.1 Å². The molecule has 230 valence electrons. The second kappa shape index (κ2) is 14.9. The molecule has 4 aliphatic rings. The Morgan fingerprint density at radius 3 is 2.42 bits per heavy atom. The van der Waals surface area contributed by atoms with Crippen molar-refractivity contribution in [3.05, 3.63) is 59.7 Å². The van der Waals surface area contributed by atoms with Gasteiger partial charge in [0.1, 0.15) is 5.75 Å². The van der Waals surface area contributed by atoms with Crippen LogP contribution in [0.2, 0.25) is 0 Å². The van der Waals surface area contributed by atoms with Gasteiger partial charge in [0.05, 0.1) is 13.2 Å². The Bertz CT molecular complexity index is 1360. The Hall–Kier alpha value is -4.82. The molecule has 0 radical (unpaired) electrons. The van der Waals surface area contributed by atoms with Crippen molar-refractivity contribution in [1.29, 1.82) is 0 Å². The molecule has 5 heterocycles. The zero-order chi connectivity index (χ0) is 30.7. The number of aromatic nitrogens is 3. The molecule has 0 atom stereocenters. The molecule has 3 N–H and O–H groups in total. The van der Waals surface area contributed by atoms with Crippen molar-refractivity contribution in [3.63, 3.8) is 0 Å². The first-order chi connectivity index (χ1) is 20.7. The lowest BCUT2D eigenvalue weighted by Crippen LogP contribution is -2.36. The van der Waals surface area contributed by atoms with E-state index in [2.05, 4.69) is 30.9 Å². The Kier molecular flexibility index (Phi) is 10.8. The fraction of sp³-hybridized carbons (Fsp3) is 0.393. The maximum Gasteiger partial charge on any atom is 0.422 e. The van der Waals surface area contributed by atoms with Gasteiger partial charge in [-0.2, -0.15) is 28.1 Å². The van der Waals surface area contributed by atoms with Crippen LogP contribution in [0.15, 0.2) is 48.5 Å². The summed E-state index contributed by atoms with van der Waals surface area (Å²) in [6.07, 6.45) is -3.92. The zero-order valence-electron chi connectivity index (χ0n) is 23.4. The molecule has 4 aliphatic heterocycles. The molecule has 12 nitrogen and oxygen atoms in total. The number of nitrogens with one attached hydrogen (secondary N) is 3. The Labute approximate surface area is 246 Å². The van der Waals surface area contributed by atoms with Crippen molar-refractivity contribution in [3.8, 4) is 11.8 Å². The standard InChI is InChI=1S/C28H32F3N7O5/c1-2-41-27(40)38-14-3-13-32-23(39)20-7-9-21(10-8-20)34-25-35-24(36-26(37-25)43-18-28(29,30)31)33-17-19-5-11-22(12-6-19)42-16-4-15-38/h5-12H,2-4,13-18H2,1H3,(H,32,39)(H2,33,34,35,36,37). The Balaban J connectivity index is 1.53. The third kappa shape index (κ3) is 10.2. The third-order valence-electron chi connectivity index (χ3n) is 6.01. The molecular weight excluding hydrogens is 571 g/mol. The van der Waals surface area contributed by atoms with Gasteiger partial charge in [0.2, 0.25) is 11.9 Å². The fourth-order valence-electron chi connectivity index (χ4n) is 3.95. The number of amides is 2. The minimum absolute atomic E-state index is 0.00777. The topological polar surface area (TPSA) is 140 Å². The van der Waals surface area contributed by atoms with Crippen molar-refractivity contribution in [2.45, 2.75) is 32.5 Å². The van der Waals surface area contributed by atoms with Crippen LogP contribution in [0.25, 0.3) is 0 Å². The quantitative estimate of drug-likeness (QED) is 0.391. The third-order valence-corrected chi connectivity index (χ3v) is 6.01. The molecule has 3 aromatic rings. The largest absolute Gasteiger partial charge is 0.494 e. The smallest absolute Gasteiger partial charge is 0.422 e. The van der Waals surface area contributed by atoms with Gasteiger partial charge in [-0.05, 0) is 61.7 Å². The van der Waals surface area contributed by atoms with E-state index in [0.29, 0.717) is 56.1 Å². The van der Waals surface area contributed by atoms with Crippen LogP contribution in [0.4, 0.5) is 35.5 Å². The maximum absolute atomic E-state index is 12.8. The van der Waals surface area contributed by atoms with Crippen LogP contribution >= 0.6 is 0 Å². The van der Waals surface area contributed by atoms with Gasteiger partial charge < -0.3 is 35.1 Å². The first-order valence-corrected chi connectivity index (χ1v) is 13.7. The van der Waals surface area contributed by atoms with Gasteiger partial charge in [0.25, 0.3) is 5.91 Å². The van der Waals surface area contributed by atoms with Crippen LogP contribution in [-0.4, -0.2) is 77.5 Å². The molecule has 0 spiro atoms. The summed E-state index contributed by atoms with van der Waals surface area (Å²) < 4.78 is 54.0. The molecule has 0 aliphatic carbocycles. The number of halogens is 3. The number of ether oxygens (including phenoxy) is 3. The highest BCUT2D eigenvalue weighted by Gasteiger charge is 2.29. The van der Waals surface area contributed by atoms with Gasteiger partial charge in [-0.1, -0.05) is 12.1 Å². The maximum atomic E-state index is 12.8. The van der Waals surface area contributed by atoms with Gasteiger partial charge in [0.15, 0.2) is 6.61 Å². The predicted molar refractivity (Wildman–Crippen MR) is 151 cm³/mol. The van der Waals surface area contributed by atoms with E-state index in [1.54, 1.807) is 48.2 Å². The Morgan fingerprint density at radius 1 is 0.977 bits per heavy atom. The van der Waals surface area contributed by atoms with Crippen molar-refractivity contribution >= 4 is 29.6 Å². The van der Waals surface area contributed by atoms with E-state index < -0.39 is 24.9 Å². The highest BCUT2D eigenvalue weighted by molar-refractivity contribution is 5.94. The minimum Gasteiger partial charge on any atom is -0.494 e. The van der Waals surface area contributed by atoms with E-state index >= 15 is 0 Å². The molecule has 0 saturated carbocycles. The molecule has 43 heavy (non-hydrogen) atoms. The van der Waals surface area contributed by atoms with Gasteiger partial charge in [-0.15, -0.1) is 0 Å². The summed E-state index contributed by atoms with van der Waals surface area (Å²) in [6.45, 7) is 2.20. The highest BCUT2D eigenvalue weighted by atomic mass is 19.4. The summed E-state index contributed by atoms with van der Waals surface area (Å²) in [7, 11) is 0. The van der Waals surface area contributed by atoms with Crippen LogP contribution < -0.4 is 25.4 Å². The molecule has 0 fully saturated rings. The van der Waals surface area contributed by atoms with E-state index in [-0.39, 0.29) is 31.0 Å². The summed E-state index contributed by atoms with van der Waals surface area (Å²) in [4.78, 5) is 38.8. The van der Waals surface area contributed by atoms with Crippen molar-refractivity contribution in [1.82, 2.24) is 25.2 Å². The molecular formula is C28H32F3N7O5. The average Bonchev–Trinajstić information content (AvgIpc) is 2.98. The number of benzene rings is 2. The molecule has 2 amide bonds. The van der Waals surface area contributed by atoms with E-state index in [1.165, 1.54) is 0 Å². The summed E-state index contributed by atoms with van der Waals surface area (Å²) in [6, 6.07) is 13.1. The SMILES string of the molecule is CCOC(=O)N1CCCNC(=O)c2ccc(cc2)Nc2nc(nc(OCC(F)(F)F)n2)NCc2ccc(cc2)OCCC1. The van der Waals surface area contributed by atoms with E-state index in [4.69, 9.17) is 14.2 Å². The van der Waals surface area contributed by atoms with Crippen LogP contribution in [0.5, 0.6) is 11.8 Å². The first kappa shape index (κ1) is 31.1. The lowest BCUT2D eigenvalue weighted by atomic mass is 10.2. The van der Waals surface area contributed by atoms with Gasteiger partial charge in [0, 0.05) is 37.4 Å². The summed E-state index contributed by atoms with van der Waals surface area (Å²) in [5.74, 6) is 0.254. The second-order valence-corrected chi connectivity index (χ2v) is 9.37. The lowest BCUT2D eigenvalue weighted by Gasteiger charge is -2.22. The average molecular weight is 604 g/mol. The molecule has 2 aromatic carbocycles. The molecule has 0 unspecified atom stereocenters. The van der Waals surface area contributed by atoms with Crippen LogP contribution in [0.1, 0.15) is 35.7 Å². The van der Waals surface area contributed by atoms with E-state index in [0.717, 1.165) is 5.56 Å². The number of hydrogen-bond donors (Lipinski definition) is 3. The van der Waals surface area contributed by atoms with E-state index in [9.17, 15) is 22.8 Å². The Morgan fingerprint density at radius 2 is 1.70 bits per heavy atom. The van der Waals surface area contributed by atoms with Crippen molar-refractivity contribution < 1.29 is 37.0 Å². The molecule has 7 rings (SSSR count). The molecule has 15 heteroatoms. The number of rotatable bonds is 3. The fourth-order valence-corrected chi connectivity index (χ4v) is 3.95. The van der Waals surface area contributed by atoms with Gasteiger partial charge >= 0.3 is 18.3 Å². The highest BCUT2D eigenvalue weighted by Crippen LogP contribution is 2.21. The zero-order valence-corrected chi connectivity index (χ0v) is 23.4.